The second kappa shape index (κ2) is 9.53. The van der Waals surface area contributed by atoms with Crippen molar-refractivity contribution in [1.82, 2.24) is 5.32 Å². The molecule has 9 heteroatoms. The molecule has 0 aromatic carbocycles. The highest BCUT2D eigenvalue weighted by atomic mass is 31.2. The van der Waals surface area contributed by atoms with Crippen LogP contribution in [0.1, 0.15) is 48.5 Å². The highest BCUT2D eigenvalue weighted by Crippen LogP contribution is 2.69. The fraction of sp³-hybridized carbons (Fsp3) is 1.00. The van der Waals surface area contributed by atoms with Crippen molar-refractivity contribution in [3.05, 3.63) is 0 Å². The minimum atomic E-state index is -3.73. The summed E-state index contributed by atoms with van der Waals surface area (Å²) in [6, 6.07) is 0. The van der Waals surface area contributed by atoms with Crippen molar-refractivity contribution in [2.24, 2.45) is 0 Å². The van der Waals surface area contributed by atoms with Crippen LogP contribution in [0.2, 0.25) is 0 Å². The molecule has 0 radical (unpaired) electrons. The van der Waals surface area contributed by atoms with E-state index in [-0.39, 0.29) is 26.4 Å². The van der Waals surface area contributed by atoms with Gasteiger partial charge in [0.1, 0.15) is 0 Å². The van der Waals surface area contributed by atoms with Crippen LogP contribution in [0.15, 0.2) is 0 Å². The maximum atomic E-state index is 13.1. The molecule has 0 bridgehead atoms. The van der Waals surface area contributed by atoms with Gasteiger partial charge in [-0.3, -0.25) is 14.4 Å². The van der Waals surface area contributed by atoms with Gasteiger partial charge in [0.15, 0.2) is 0 Å². The fourth-order valence-electron chi connectivity index (χ4n) is 1.80. The lowest BCUT2D eigenvalue weighted by Crippen LogP contribution is -2.44. The molecule has 0 aliphatic rings. The van der Waals surface area contributed by atoms with Crippen LogP contribution in [0.25, 0.3) is 0 Å². The van der Waals surface area contributed by atoms with Crippen LogP contribution < -0.4 is 5.32 Å². The van der Waals surface area contributed by atoms with Crippen LogP contribution in [-0.2, 0) is 27.2 Å². The van der Waals surface area contributed by atoms with Gasteiger partial charge in [0.2, 0.25) is 5.52 Å². The van der Waals surface area contributed by atoms with Crippen LogP contribution in [0.3, 0.4) is 0 Å². The number of rotatable bonds is 11. The van der Waals surface area contributed by atoms with Crippen molar-refractivity contribution < 1.29 is 27.2 Å². The monoisotopic (exact) mass is 359 g/mol. The molecule has 7 nitrogen and oxygen atoms in total. The van der Waals surface area contributed by atoms with E-state index in [2.05, 4.69) is 5.32 Å². The second-order valence-electron chi connectivity index (χ2n) is 5.52. The van der Waals surface area contributed by atoms with Crippen molar-refractivity contribution >= 4 is 15.2 Å². The summed E-state index contributed by atoms with van der Waals surface area (Å²) >= 11 is 0. The Morgan fingerprint density at radius 2 is 1.05 bits per heavy atom. The highest BCUT2D eigenvalue weighted by Gasteiger charge is 2.52. The lowest BCUT2D eigenvalue weighted by Gasteiger charge is -2.36. The first-order valence-corrected chi connectivity index (χ1v) is 10.9. The van der Waals surface area contributed by atoms with Crippen molar-refractivity contribution in [2.45, 2.75) is 59.5 Å². The third-order valence-corrected chi connectivity index (χ3v) is 8.02. The van der Waals surface area contributed by atoms with E-state index < -0.39 is 26.3 Å². The third-order valence-electron chi connectivity index (χ3n) is 2.40. The smallest absolute Gasteiger partial charge is 0.307 e. The summed E-state index contributed by atoms with van der Waals surface area (Å²) < 4.78 is 47.7. The lowest BCUT2D eigenvalue weighted by atomic mass is 10.1. The largest absolute Gasteiger partial charge is 0.359 e. The van der Waals surface area contributed by atoms with Crippen molar-refractivity contribution in [2.75, 3.05) is 26.4 Å². The molecule has 1 N–H and O–H groups in total. The predicted molar refractivity (Wildman–Crippen MR) is 88.4 cm³/mol. The molecule has 0 saturated heterocycles. The minimum Gasteiger partial charge on any atom is -0.307 e. The molecule has 0 aromatic rings. The molecule has 0 aromatic heterocycles. The zero-order chi connectivity index (χ0) is 17.4. The SMILES string of the molecule is CCOP(=O)(OCC)C(NC(C)(C)C)P(=O)(OCC)OCC. The highest BCUT2D eigenvalue weighted by molar-refractivity contribution is 7.72. The standard InChI is InChI=1S/C13H31NO6P2/c1-8-17-21(15,18-9-2)12(14-13(5,6)7)22(16,19-10-3)20-11-4/h12,14H,8-11H2,1-7H3. The van der Waals surface area contributed by atoms with Gasteiger partial charge in [-0.25, -0.2) is 0 Å². The Morgan fingerprint density at radius 1 is 0.773 bits per heavy atom. The summed E-state index contributed by atoms with van der Waals surface area (Å²) in [4.78, 5) is 0. The molecule has 134 valence electrons. The molecule has 0 amide bonds. The molecule has 0 atom stereocenters. The molecule has 0 spiro atoms. The summed E-state index contributed by atoms with van der Waals surface area (Å²) in [5.74, 6) is 0. The van der Waals surface area contributed by atoms with E-state index in [1.807, 2.05) is 20.8 Å². The van der Waals surface area contributed by atoms with Gasteiger partial charge in [-0.15, -0.1) is 0 Å². The maximum Gasteiger partial charge on any atom is 0.359 e. The summed E-state index contributed by atoms with van der Waals surface area (Å²) in [7, 11) is -7.46. The first-order chi connectivity index (χ1) is 10.1. The van der Waals surface area contributed by atoms with Gasteiger partial charge in [0.25, 0.3) is 0 Å². The molecule has 0 heterocycles. The summed E-state index contributed by atoms with van der Waals surface area (Å²) in [5.41, 5.74) is -1.67. The number of hydrogen-bond acceptors (Lipinski definition) is 7. The molecular formula is C13H31NO6P2. The van der Waals surface area contributed by atoms with Crippen molar-refractivity contribution in [1.29, 1.82) is 0 Å². The van der Waals surface area contributed by atoms with Crippen LogP contribution >= 0.6 is 15.2 Å². The fourth-order valence-corrected chi connectivity index (χ4v) is 7.23. The predicted octanol–water partition coefficient (Wildman–Crippen LogP) is 4.19. The molecule has 0 rings (SSSR count). The van der Waals surface area contributed by atoms with Crippen LogP contribution in [0, 0.1) is 0 Å². The quantitative estimate of drug-likeness (QED) is 0.554. The van der Waals surface area contributed by atoms with Gasteiger partial charge in [0.05, 0.1) is 26.4 Å². The van der Waals surface area contributed by atoms with E-state index in [1.54, 1.807) is 27.7 Å². The average Bonchev–Trinajstić information content (AvgIpc) is 2.36. The van der Waals surface area contributed by atoms with Gasteiger partial charge >= 0.3 is 15.2 Å². The summed E-state index contributed by atoms with van der Waals surface area (Å²) in [6.07, 6.45) is 0. The van der Waals surface area contributed by atoms with Crippen LogP contribution in [0.4, 0.5) is 0 Å². The Morgan fingerprint density at radius 3 is 1.23 bits per heavy atom. The van der Waals surface area contributed by atoms with E-state index in [0.717, 1.165) is 0 Å². The molecule has 0 saturated carbocycles. The van der Waals surface area contributed by atoms with E-state index in [0.29, 0.717) is 0 Å². The normalized spacial score (nSPS) is 13.8. The van der Waals surface area contributed by atoms with Crippen LogP contribution in [0.5, 0.6) is 0 Å². The van der Waals surface area contributed by atoms with E-state index in [1.165, 1.54) is 0 Å². The van der Waals surface area contributed by atoms with E-state index in [4.69, 9.17) is 18.1 Å². The minimum absolute atomic E-state index is 0.165. The number of nitrogens with one attached hydrogen (secondary N) is 1. The van der Waals surface area contributed by atoms with Gasteiger partial charge in [-0.2, -0.15) is 0 Å². The van der Waals surface area contributed by atoms with Crippen molar-refractivity contribution in [3.8, 4) is 0 Å². The Bertz CT molecular complexity index is 360. The molecular weight excluding hydrogens is 328 g/mol. The first-order valence-electron chi connectivity index (χ1n) is 7.63. The van der Waals surface area contributed by atoms with E-state index in [9.17, 15) is 9.13 Å². The zero-order valence-corrected chi connectivity index (χ0v) is 16.5. The first kappa shape index (κ1) is 22.3. The molecule has 22 heavy (non-hydrogen) atoms. The zero-order valence-electron chi connectivity index (χ0n) is 14.7. The van der Waals surface area contributed by atoms with Crippen LogP contribution in [-0.4, -0.2) is 37.5 Å². The van der Waals surface area contributed by atoms with Crippen molar-refractivity contribution in [3.63, 3.8) is 0 Å². The molecule has 0 fully saturated rings. The van der Waals surface area contributed by atoms with E-state index >= 15 is 0 Å². The Labute approximate surface area is 134 Å². The number of hydrogen-bond donors (Lipinski definition) is 1. The molecule has 0 unspecified atom stereocenters. The van der Waals surface area contributed by atoms with Gasteiger partial charge < -0.3 is 18.1 Å². The lowest BCUT2D eigenvalue weighted by molar-refractivity contribution is 0.184. The maximum absolute atomic E-state index is 13.1. The molecule has 0 aliphatic heterocycles. The topological polar surface area (TPSA) is 83.1 Å². The Kier molecular flexibility index (Phi) is 9.64. The third kappa shape index (κ3) is 6.79. The summed E-state index contributed by atoms with van der Waals surface area (Å²) in [6.45, 7) is 13.1. The van der Waals surface area contributed by atoms with Gasteiger partial charge in [-0.1, -0.05) is 0 Å². The Balaban J connectivity index is 5.86. The second-order valence-corrected chi connectivity index (χ2v) is 10.2. The summed E-state index contributed by atoms with van der Waals surface area (Å²) in [5, 5.41) is 3.05. The molecule has 0 aliphatic carbocycles. The van der Waals surface area contributed by atoms with Gasteiger partial charge in [0, 0.05) is 5.54 Å². The van der Waals surface area contributed by atoms with Gasteiger partial charge in [-0.05, 0) is 48.5 Å². The Hall–Kier alpha value is 0.260. The average molecular weight is 359 g/mol.